The summed E-state index contributed by atoms with van der Waals surface area (Å²) >= 11 is 0. The lowest BCUT2D eigenvalue weighted by atomic mass is 9.95. The molecule has 0 amide bonds. The van der Waals surface area contributed by atoms with E-state index in [0.29, 0.717) is 13.0 Å². The number of likely N-dealkylation sites (N-methyl/N-ethyl adjacent to an activating group) is 1. The highest BCUT2D eigenvalue weighted by Crippen LogP contribution is 2.51. The van der Waals surface area contributed by atoms with Crippen LogP contribution in [0.5, 0.6) is 0 Å². The fourth-order valence-corrected chi connectivity index (χ4v) is 2.72. The van der Waals surface area contributed by atoms with E-state index in [2.05, 4.69) is 0 Å². The molecule has 0 bridgehead atoms. The number of halogens is 1. The maximum Gasteiger partial charge on any atom is 0.184 e. The Labute approximate surface area is 88.6 Å². The summed E-state index contributed by atoms with van der Waals surface area (Å²) in [6.45, 7) is 3.34. The minimum absolute atomic E-state index is 0.403. The summed E-state index contributed by atoms with van der Waals surface area (Å²) in [6.07, 6.45) is 0.0745. The van der Waals surface area contributed by atoms with Crippen molar-refractivity contribution >= 4 is 5.69 Å². The Morgan fingerprint density at radius 1 is 1.53 bits per heavy atom. The predicted octanol–water partition coefficient (Wildman–Crippen LogP) is 2.44. The van der Waals surface area contributed by atoms with Gasteiger partial charge in [0.15, 0.2) is 11.9 Å². The molecule has 80 valence electrons. The Kier molecular flexibility index (Phi) is 1.80. The Balaban J connectivity index is 2.17. The van der Waals surface area contributed by atoms with Gasteiger partial charge in [-0.15, -0.1) is 0 Å². The van der Waals surface area contributed by atoms with Crippen LogP contribution in [-0.2, 0) is 10.4 Å². The summed E-state index contributed by atoms with van der Waals surface area (Å²) in [5.41, 5.74) is 0.508. The number of hydrogen-bond acceptors (Lipinski definition) is 2. The molecule has 15 heavy (non-hydrogen) atoms. The molecule has 2 heterocycles. The van der Waals surface area contributed by atoms with Crippen molar-refractivity contribution in [3.63, 3.8) is 0 Å². The maximum absolute atomic E-state index is 14.8. The third-order valence-electron chi connectivity index (χ3n) is 3.42. The van der Waals surface area contributed by atoms with Crippen molar-refractivity contribution in [2.45, 2.75) is 25.2 Å². The van der Waals surface area contributed by atoms with Crippen LogP contribution >= 0.6 is 0 Å². The maximum atomic E-state index is 14.8. The number of fused-ring (bicyclic) bond motifs is 3. The highest BCUT2D eigenvalue weighted by Gasteiger charge is 2.55. The molecule has 0 aromatic heterocycles. The first-order valence-electron chi connectivity index (χ1n) is 5.44. The van der Waals surface area contributed by atoms with Crippen molar-refractivity contribution < 1.29 is 9.13 Å². The molecule has 2 atom stereocenters. The topological polar surface area (TPSA) is 12.5 Å². The van der Waals surface area contributed by atoms with E-state index < -0.39 is 11.9 Å². The van der Waals surface area contributed by atoms with E-state index >= 15 is 0 Å². The molecule has 3 rings (SSSR count). The third kappa shape index (κ3) is 1.01. The molecule has 0 unspecified atom stereocenters. The molecule has 3 heteroatoms. The number of rotatable bonds is 1. The average molecular weight is 207 g/mol. The SMILES string of the molecule is CCN1c2ccccc2[C@]2(F)CCO[C@H]12. The normalized spacial score (nSPS) is 32.9. The van der Waals surface area contributed by atoms with Crippen molar-refractivity contribution in [3.05, 3.63) is 29.8 Å². The number of ether oxygens (including phenoxy) is 1. The summed E-state index contributed by atoms with van der Waals surface area (Å²) in [5, 5.41) is 0. The summed E-state index contributed by atoms with van der Waals surface area (Å²) in [4.78, 5) is 2.02. The summed E-state index contributed by atoms with van der Waals surface area (Å²) in [5.74, 6) is 0. The van der Waals surface area contributed by atoms with Gasteiger partial charge in [0.25, 0.3) is 0 Å². The summed E-state index contributed by atoms with van der Waals surface area (Å²) in [6, 6.07) is 7.70. The van der Waals surface area contributed by atoms with Crippen molar-refractivity contribution in [3.8, 4) is 0 Å². The molecule has 1 aromatic carbocycles. The smallest absolute Gasteiger partial charge is 0.184 e. The summed E-state index contributed by atoms with van der Waals surface area (Å²) < 4.78 is 20.3. The molecule has 0 spiro atoms. The molecule has 0 N–H and O–H groups in total. The van der Waals surface area contributed by atoms with E-state index in [0.717, 1.165) is 17.8 Å². The zero-order valence-corrected chi connectivity index (χ0v) is 8.74. The fraction of sp³-hybridized carbons (Fsp3) is 0.500. The van der Waals surface area contributed by atoms with Crippen LogP contribution in [-0.4, -0.2) is 19.4 Å². The van der Waals surface area contributed by atoms with Gasteiger partial charge >= 0.3 is 0 Å². The quantitative estimate of drug-likeness (QED) is 0.701. The average Bonchev–Trinajstić information content (AvgIpc) is 2.73. The molecule has 0 radical (unpaired) electrons. The van der Waals surface area contributed by atoms with Gasteiger partial charge in [0.2, 0.25) is 0 Å². The first-order chi connectivity index (χ1) is 7.27. The van der Waals surface area contributed by atoms with Crippen molar-refractivity contribution in [1.29, 1.82) is 0 Å². The number of nitrogens with zero attached hydrogens (tertiary/aromatic N) is 1. The minimum atomic E-state index is -1.29. The van der Waals surface area contributed by atoms with E-state index in [1.165, 1.54) is 0 Å². The first kappa shape index (κ1) is 9.16. The number of benzene rings is 1. The number of para-hydroxylation sites is 1. The van der Waals surface area contributed by atoms with Crippen LogP contribution in [0.15, 0.2) is 24.3 Å². The number of hydrogen-bond donors (Lipinski definition) is 0. The van der Waals surface area contributed by atoms with Gasteiger partial charge in [-0.1, -0.05) is 18.2 Å². The van der Waals surface area contributed by atoms with Gasteiger partial charge in [0, 0.05) is 24.2 Å². The van der Waals surface area contributed by atoms with Gasteiger partial charge in [-0.2, -0.15) is 0 Å². The second-order valence-corrected chi connectivity index (χ2v) is 4.14. The van der Waals surface area contributed by atoms with Crippen LogP contribution in [0, 0.1) is 0 Å². The number of alkyl halides is 1. The first-order valence-corrected chi connectivity index (χ1v) is 5.44. The van der Waals surface area contributed by atoms with Crippen LogP contribution < -0.4 is 4.90 Å². The van der Waals surface area contributed by atoms with Crippen LogP contribution in [0.1, 0.15) is 18.9 Å². The van der Waals surface area contributed by atoms with E-state index in [1.54, 1.807) is 0 Å². The second kappa shape index (κ2) is 2.95. The van der Waals surface area contributed by atoms with Crippen molar-refractivity contribution in [1.82, 2.24) is 0 Å². The van der Waals surface area contributed by atoms with E-state index in [1.807, 2.05) is 36.1 Å². The van der Waals surface area contributed by atoms with E-state index in [-0.39, 0.29) is 0 Å². The molecule has 2 aliphatic rings. The predicted molar refractivity (Wildman–Crippen MR) is 56.6 cm³/mol. The highest BCUT2D eigenvalue weighted by molar-refractivity contribution is 5.63. The lowest BCUT2D eigenvalue weighted by Crippen LogP contribution is -2.39. The van der Waals surface area contributed by atoms with Crippen LogP contribution in [0.3, 0.4) is 0 Å². The standard InChI is InChI=1S/C12H14FNO/c1-2-14-10-6-4-3-5-9(10)12(13)7-8-15-11(12)14/h3-6,11H,2,7-8H2,1H3/t11-,12+/m0/s1. The third-order valence-corrected chi connectivity index (χ3v) is 3.42. The largest absolute Gasteiger partial charge is 0.354 e. The molecular weight excluding hydrogens is 193 g/mol. The molecule has 1 aromatic rings. The molecule has 2 aliphatic heterocycles. The molecule has 0 saturated carbocycles. The van der Waals surface area contributed by atoms with Crippen molar-refractivity contribution in [2.75, 3.05) is 18.1 Å². The Morgan fingerprint density at radius 3 is 3.13 bits per heavy atom. The van der Waals surface area contributed by atoms with Crippen LogP contribution in [0.25, 0.3) is 0 Å². The zero-order valence-electron chi connectivity index (χ0n) is 8.74. The fourth-order valence-electron chi connectivity index (χ4n) is 2.72. The van der Waals surface area contributed by atoms with Crippen molar-refractivity contribution in [2.24, 2.45) is 0 Å². The highest BCUT2D eigenvalue weighted by atomic mass is 19.1. The Morgan fingerprint density at radius 2 is 2.33 bits per heavy atom. The zero-order chi connectivity index (χ0) is 10.5. The lowest BCUT2D eigenvalue weighted by Gasteiger charge is -2.26. The monoisotopic (exact) mass is 207 g/mol. The minimum Gasteiger partial charge on any atom is -0.354 e. The van der Waals surface area contributed by atoms with E-state index in [9.17, 15) is 4.39 Å². The lowest BCUT2D eigenvalue weighted by molar-refractivity contribution is 0.0315. The molecular formula is C12H14FNO. The summed E-state index contributed by atoms with van der Waals surface area (Å²) in [7, 11) is 0. The van der Waals surface area contributed by atoms with Gasteiger partial charge in [-0.25, -0.2) is 4.39 Å². The van der Waals surface area contributed by atoms with Gasteiger partial charge in [-0.3, -0.25) is 0 Å². The Hall–Kier alpha value is -1.09. The van der Waals surface area contributed by atoms with Crippen LogP contribution in [0.4, 0.5) is 10.1 Å². The van der Waals surface area contributed by atoms with Gasteiger partial charge in [-0.05, 0) is 13.0 Å². The van der Waals surface area contributed by atoms with Crippen LogP contribution in [0.2, 0.25) is 0 Å². The Bertz CT molecular complexity index is 395. The second-order valence-electron chi connectivity index (χ2n) is 4.14. The van der Waals surface area contributed by atoms with Gasteiger partial charge in [0.05, 0.1) is 6.61 Å². The molecule has 1 saturated heterocycles. The van der Waals surface area contributed by atoms with Gasteiger partial charge in [0.1, 0.15) is 0 Å². The molecule has 0 aliphatic carbocycles. The van der Waals surface area contributed by atoms with E-state index in [4.69, 9.17) is 4.74 Å². The van der Waals surface area contributed by atoms with Gasteiger partial charge < -0.3 is 9.64 Å². The molecule has 1 fully saturated rings. The molecule has 2 nitrogen and oxygen atoms in total. The number of anilines is 1.